The summed E-state index contributed by atoms with van der Waals surface area (Å²) in [6, 6.07) is 10.2. The Morgan fingerprint density at radius 3 is 2.83 bits per heavy atom. The zero-order valence-electron chi connectivity index (χ0n) is 9.67. The molecule has 3 rings (SSSR count). The molecule has 0 spiro atoms. The summed E-state index contributed by atoms with van der Waals surface area (Å²) < 4.78 is 3.71. The Kier molecular flexibility index (Phi) is 2.97. The molecule has 1 N–H and O–H groups in total. The van der Waals surface area contributed by atoms with Gasteiger partial charge in [0.1, 0.15) is 6.10 Å². The molecular formula is C13H11BrN2OS. The number of aryl methyl sites for hydroxylation is 1. The third-order valence-electron chi connectivity index (χ3n) is 2.91. The number of thiophene rings is 1. The van der Waals surface area contributed by atoms with Crippen molar-refractivity contribution in [2.24, 2.45) is 7.05 Å². The summed E-state index contributed by atoms with van der Waals surface area (Å²) >= 11 is 5.03. The number of benzene rings is 1. The van der Waals surface area contributed by atoms with Crippen LogP contribution in [0.2, 0.25) is 0 Å². The third-order valence-corrected chi connectivity index (χ3v) is 4.69. The molecule has 0 saturated heterocycles. The lowest BCUT2D eigenvalue weighted by Crippen LogP contribution is -2.05. The van der Waals surface area contributed by atoms with Crippen molar-refractivity contribution < 1.29 is 5.11 Å². The standard InChI is InChI=1S/C13H11BrN2OS/c1-16-12(9(14)7-15-16)13(17)11-6-8-4-2-3-5-10(8)18-11/h2-7,13,17H,1H3. The molecule has 0 radical (unpaired) electrons. The van der Waals surface area contributed by atoms with Gasteiger partial charge >= 0.3 is 0 Å². The molecule has 1 atom stereocenters. The van der Waals surface area contributed by atoms with Gasteiger partial charge in [0.25, 0.3) is 0 Å². The second kappa shape index (κ2) is 4.50. The lowest BCUT2D eigenvalue weighted by molar-refractivity contribution is 0.213. The van der Waals surface area contributed by atoms with E-state index in [1.54, 1.807) is 22.2 Å². The van der Waals surface area contributed by atoms with Gasteiger partial charge in [0.2, 0.25) is 0 Å². The first kappa shape index (κ1) is 11.9. The number of halogens is 1. The van der Waals surface area contributed by atoms with E-state index in [2.05, 4.69) is 33.2 Å². The molecule has 0 bridgehead atoms. The fraction of sp³-hybridized carbons (Fsp3) is 0.154. The van der Waals surface area contributed by atoms with E-state index in [0.29, 0.717) is 0 Å². The maximum atomic E-state index is 10.5. The Balaban J connectivity index is 2.09. The van der Waals surface area contributed by atoms with E-state index in [4.69, 9.17) is 0 Å². The number of nitrogens with zero attached hydrogens (tertiary/aromatic N) is 2. The van der Waals surface area contributed by atoms with Gasteiger partial charge in [-0.1, -0.05) is 18.2 Å². The highest BCUT2D eigenvalue weighted by molar-refractivity contribution is 9.10. The predicted molar refractivity (Wildman–Crippen MR) is 76.8 cm³/mol. The topological polar surface area (TPSA) is 38.0 Å². The molecule has 0 saturated carbocycles. The van der Waals surface area contributed by atoms with Gasteiger partial charge in [-0.15, -0.1) is 11.3 Å². The van der Waals surface area contributed by atoms with E-state index in [1.807, 2.05) is 25.2 Å². The second-order valence-electron chi connectivity index (χ2n) is 4.09. The van der Waals surface area contributed by atoms with Crippen LogP contribution in [0.15, 0.2) is 41.0 Å². The van der Waals surface area contributed by atoms with E-state index in [-0.39, 0.29) is 0 Å². The predicted octanol–water partition coefficient (Wildman–Crippen LogP) is 3.48. The zero-order chi connectivity index (χ0) is 12.7. The molecule has 0 aliphatic rings. The van der Waals surface area contributed by atoms with Crippen LogP contribution in [0.1, 0.15) is 16.7 Å². The molecule has 0 amide bonds. The summed E-state index contributed by atoms with van der Waals surface area (Å²) in [5.74, 6) is 0. The maximum absolute atomic E-state index is 10.5. The van der Waals surface area contributed by atoms with Crippen LogP contribution in [-0.2, 0) is 7.05 Å². The molecule has 18 heavy (non-hydrogen) atoms. The highest BCUT2D eigenvalue weighted by Gasteiger charge is 2.20. The summed E-state index contributed by atoms with van der Waals surface area (Å²) in [4.78, 5) is 0.931. The molecular weight excluding hydrogens is 312 g/mol. The second-order valence-corrected chi connectivity index (χ2v) is 6.06. The Morgan fingerprint density at radius 2 is 2.17 bits per heavy atom. The van der Waals surface area contributed by atoms with E-state index in [9.17, 15) is 5.11 Å². The Hall–Kier alpha value is -1.17. The van der Waals surface area contributed by atoms with Crippen LogP contribution in [0, 0.1) is 0 Å². The molecule has 2 aromatic heterocycles. The minimum atomic E-state index is -0.649. The number of aliphatic hydroxyl groups is 1. The smallest absolute Gasteiger partial charge is 0.131 e. The highest BCUT2D eigenvalue weighted by Crippen LogP contribution is 2.35. The number of hydrogen-bond donors (Lipinski definition) is 1. The van der Waals surface area contributed by atoms with Crippen molar-refractivity contribution in [1.82, 2.24) is 9.78 Å². The lowest BCUT2D eigenvalue weighted by Gasteiger charge is -2.09. The quantitative estimate of drug-likeness (QED) is 0.784. The molecule has 92 valence electrons. The van der Waals surface area contributed by atoms with Crippen LogP contribution in [-0.4, -0.2) is 14.9 Å². The molecule has 5 heteroatoms. The molecule has 0 aliphatic heterocycles. The van der Waals surface area contributed by atoms with Gasteiger partial charge in [-0.05, 0) is 33.4 Å². The SMILES string of the molecule is Cn1ncc(Br)c1C(O)c1cc2ccccc2s1. The van der Waals surface area contributed by atoms with Gasteiger partial charge < -0.3 is 5.11 Å². The molecule has 3 nitrogen and oxygen atoms in total. The Morgan fingerprint density at radius 1 is 1.39 bits per heavy atom. The van der Waals surface area contributed by atoms with Crippen molar-refractivity contribution in [3.8, 4) is 0 Å². The normalized spacial score (nSPS) is 13.1. The fourth-order valence-corrected chi connectivity index (χ4v) is 3.62. The van der Waals surface area contributed by atoms with Crippen LogP contribution in [0.4, 0.5) is 0 Å². The van der Waals surface area contributed by atoms with Gasteiger partial charge in [-0.25, -0.2) is 0 Å². The summed E-state index contributed by atoms with van der Waals surface area (Å²) in [6.45, 7) is 0. The molecule has 0 aliphatic carbocycles. The van der Waals surface area contributed by atoms with E-state index in [0.717, 1.165) is 20.4 Å². The average Bonchev–Trinajstić information content (AvgIpc) is 2.92. The largest absolute Gasteiger partial charge is 0.381 e. The summed E-state index contributed by atoms with van der Waals surface area (Å²) in [6.07, 6.45) is 1.05. The summed E-state index contributed by atoms with van der Waals surface area (Å²) in [5, 5.41) is 15.8. The van der Waals surface area contributed by atoms with Crippen molar-refractivity contribution in [2.75, 3.05) is 0 Å². The van der Waals surface area contributed by atoms with Gasteiger partial charge in [0, 0.05) is 16.6 Å². The first-order valence-corrected chi connectivity index (χ1v) is 7.11. The van der Waals surface area contributed by atoms with Crippen molar-refractivity contribution in [2.45, 2.75) is 6.10 Å². The average molecular weight is 323 g/mol. The Bertz CT molecular complexity index is 651. The molecule has 0 fully saturated rings. The monoisotopic (exact) mass is 322 g/mol. The van der Waals surface area contributed by atoms with E-state index < -0.39 is 6.10 Å². The fourth-order valence-electron chi connectivity index (χ4n) is 2.00. The molecule has 2 heterocycles. The molecule has 3 aromatic rings. The molecule has 1 unspecified atom stereocenters. The van der Waals surface area contributed by atoms with Crippen molar-refractivity contribution in [1.29, 1.82) is 0 Å². The van der Waals surface area contributed by atoms with Crippen LogP contribution in [0.3, 0.4) is 0 Å². The maximum Gasteiger partial charge on any atom is 0.131 e. The number of aromatic nitrogens is 2. The van der Waals surface area contributed by atoms with Crippen molar-refractivity contribution in [3.63, 3.8) is 0 Å². The summed E-state index contributed by atoms with van der Waals surface area (Å²) in [5.41, 5.74) is 0.779. The summed E-state index contributed by atoms with van der Waals surface area (Å²) in [7, 11) is 1.83. The molecule has 1 aromatic carbocycles. The zero-order valence-corrected chi connectivity index (χ0v) is 12.1. The minimum absolute atomic E-state index is 0.649. The number of fused-ring (bicyclic) bond motifs is 1. The van der Waals surface area contributed by atoms with Crippen LogP contribution in [0.5, 0.6) is 0 Å². The number of aliphatic hydroxyl groups excluding tert-OH is 1. The van der Waals surface area contributed by atoms with Crippen molar-refractivity contribution >= 4 is 37.4 Å². The number of rotatable bonds is 2. The third kappa shape index (κ3) is 1.88. The van der Waals surface area contributed by atoms with Gasteiger partial charge in [-0.2, -0.15) is 5.10 Å². The van der Waals surface area contributed by atoms with Gasteiger partial charge in [-0.3, -0.25) is 4.68 Å². The van der Waals surface area contributed by atoms with E-state index in [1.165, 1.54) is 4.70 Å². The Labute approximate surface area is 117 Å². The van der Waals surface area contributed by atoms with Crippen molar-refractivity contribution in [3.05, 3.63) is 51.6 Å². The van der Waals surface area contributed by atoms with E-state index >= 15 is 0 Å². The minimum Gasteiger partial charge on any atom is -0.381 e. The van der Waals surface area contributed by atoms with Crippen LogP contribution in [0.25, 0.3) is 10.1 Å². The first-order valence-electron chi connectivity index (χ1n) is 5.51. The highest BCUT2D eigenvalue weighted by atomic mass is 79.9. The number of hydrogen-bond acceptors (Lipinski definition) is 3. The van der Waals surface area contributed by atoms with Gasteiger partial charge in [0.05, 0.1) is 16.4 Å². The first-order chi connectivity index (χ1) is 8.66. The van der Waals surface area contributed by atoms with Gasteiger partial charge in [0.15, 0.2) is 0 Å². The van der Waals surface area contributed by atoms with Crippen LogP contribution < -0.4 is 0 Å². The lowest BCUT2D eigenvalue weighted by atomic mass is 10.2. The van der Waals surface area contributed by atoms with Crippen LogP contribution >= 0.6 is 27.3 Å².